The second kappa shape index (κ2) is 11.2. The maximum absolute atomic E-state index is 13.9. The summed E-state index contributed by atoms with van der Waals surface area (Å²) in [5, 5.41) is 15.6. The van der Waals surface area contributed by atoms with E-state index in [1.807, 2.05) is 54.6 Å². The van der Waals surface area contributed by atoms with Gasteiger partial charge in [-0.3, -0.25) is 14.5 Å². The van der Waals surface area contributed by atoms with E-state index in [0.717, 1.165) is 27.8 Å². The Kier molecular flexibility index (Phi) is 7.47. The van der Waals surface area contributed by atoms with E-state index in [0.29, 0.717) is 19.5 Å². The standard InChI is InChI=1S/C33H35N3O6/c1-32(30(38)39)21-41-19-28(32)34-29(37)33(15-16-36(20-33)17-22-9-3-2-4-10-22)35-31(40)42-18-27-25-13-7-5-11-23(25)24-12-6-8-14-26(24)27/h2-14,27-28H,15-21H2,1H3,(H,34,37)(H,35,40)(H,38,39). The molecule has 2 fully saturated rings. The highest BCUT2D eigenvalue weighted by molar-refractivity contribution is 5.91. The van der Waals surface area contributed by atoms with Crippen LogP contribution in [0, 0.1) is 5.41 Å². The van der Waals surface area contributed by atoms with Gasteiger partial charge in [-0.2, -0.15) is 0 Å². The average Bonchev–Trinajstić information content (AvgIpc) is 3.67. The van der Waals surface area contributed by atoms with Crippen molar-refractivity contribution in [3.05, 3.63) is 95.6 Å². The summed E-state index contributed by atoms with van der Waals surface area (Å²) in [4.78, 5) is 41.4. The number of alkyl carbamates (subject to hydrolysis) is 1. The van der Waals surface area contributed by atoms with Crippen LogP contribution in [-0.2, 0) is 25.6 Å². The molecule has 3 aromatic carbocycles. The number of carbonyl (C=O) groups excluding carboxylic acids is 2. The Morgan fingerprint density at radius 2 is 1.62 bits per heavy atom. The number of carboxylic acids is 1. The first kappa shape index (κ1) is 27.9. The lowest BCUT2D eigenvalue weighted by Gasteiger charge is -2.33. The first-order valence-electron chi connectivity index (χ1n) is 14.3. The molecule has 9 nitrogen and oxygen atoms in total. The van der Waals surface area contributed by atoms with E-state index in [2.05, 4.69) is 39.8 Å². The van der Waals surface area contributed by atoms with Crippen molar-refractivity contribution < 1.29 is 29.0 Å². The molecule has 6 rings (SSSR count). The highest BCUT2D eigenvalue weighted by Crippen LogP contribution is 2.44. The second-order valence-electron chi connectivity index (χ2n) is 11.7. The van der Waals surface area contributed by atoms with Gasteiger partial charge in [-0.05, 0) is 41.2 Å². The van der Waals surface area contributed by atoms with Crippen LogP contribution in [0.25, 0.3) is 11.1 Å². The molecule has 9 heteroatoms. The quantitative estimate of drug-likeness (QED) is 0.378. The molecule has 42 heavy (non-hydrogen) atoms. The van der Waals surface area contributed by atoms with E-state index in [9.17, 15) is 19.5 Å². The molecule has 3 unspecified atom stereocenters. The van der Waals surface area contributed by atoms with E-state index in [4.69, 9.17) is 9.47 Å². The van der Waals surface area contributed by atoms with E-state index >= 15 is 0 Å². The summed E-state index contributed by atoms with van der Waals surface area (Å²) in [5.41, 5.74) is 3.00. The predicted molar refractivity (Wildman–Crippen MR) is 156 cm³/mol. The molecule has 0 spiro atoms. The molecule has 0 saturated carbocycles. The number of nitrogens with one attached hydrogen (secondary N) is 2. The molecule has 1 aliphatic carbocycles. The summed E-state index contributed by atoms with van der Waals surface area (Å²) in [6.07, 6.45) is -0.329. The number of amides is 2. The smallest absolute Gasteiger partial charge is 0.408 e. The molecule has 2 saturated heterocycles. The minimum Gasteiger partial charge on any atom is -0.481 e. The monoisotopic (exact) mass is 569 g/mol. The van der Waals surface area contributed by atoms with Gasteiger partial charge in [0.25, 0.3) is 0 Å². The first-order valence-corrected chi connectivity index (χ1v) is 14.3. The van der Waals surface area contributed by atoms with Gasteiger partial charge in [-0.15, -0.1) is 0 Å². The van der Waals surface area contributed by atoms with Gasteiger partial charge in [0.1, 0.15) is 17.6 Å². The van der Waals surface area contributed by atoms with Gasteiger partial charge < -0.3 is 25.2 Å². The van der Waals surface area contributed by atoms with E-state index in [-0.39, 0.29) is 32.3 Å². The topological polar surface area (TPSA) is 117 Å². The van der Waals surface area contributed by atoms with Crippen LogP contribution in [0.3, 0.4) is 0 Å². The molecule has 0 bridgehead atoms. The molecule has 3 aliphatic rings. The van der Waals surface area contributed by atoms with Crippen molar-refractivity contribution in [2.75, 3.05) is 32.9 Å². The van der Waals surface area contributed by atoms with Crippen LogP contribution in [0.2, 0.25) is 0 Å². The zero-order valence-corrected chi connectivity index (χ0v) is 23.5. The third-order valence-corrected chi connectivity index (χ3v) is 8.97. The van der Waals surface area contributed by atoms with Crippen LogP contribution >= 0.6 is 0 Å². The van der Waals surface area contributed by atoms with Crippen molar-refractivity contribution in [2.24, 2.45) is 5.41 Å². The minimum atomic E-state index is -1.29. The molecule has 3 N–H and O–H groups in total. The number of ether oxygens (including phenoxy) is 2. The van der Waals surface area contributed by atoms with Crippen molar-refractivity contribution in [1.82, 2.24) is 15.5 Å². The molecule has 2 heterocycles. The number of nitrogens with zero attached hydrogens (tertiary/aromatic N) is 1. The molecular weight excluding hydrogens is 534 g/mol. The number of benzene rings is 3. The Hall–Kier alpha value is -4.21. The fourth-order valence-corrected chi connectivity index (χ4v) is 6.42. The van der Waals surface area contributed by atoms with Crippen molar-refractivity contribution in [1.29, 1.82) is 0 Å². The summed E-state index contributed by atoms with van der Waals surface area (Å²) in [6.45, 7) is 3.22. The lowest BCUT2D eigenvalue weighted by molar-refractivity contribution is -0.149. The zero-order valence-electron chi connectivity index (χ0n) is 23.5. The van der Waals surface area contributed by atoms with Crippen LogP contribution in [-0.4, -0.2) is 72.5 Å². The summed E-state index contributed by atoms with van der Waals surface area (Å²) >= 11 is 0. The van der Waals surface area contributed by atoms with Gasteiger partial charge >= 0.3 is 12.1 Å². The Morgan fingerprint density at radius 1 is 0.976 bits per heavy atom. The van der Waals surface area contributed by atoms with Crippen LogP contribution in [0.4, 0.5) is 4.79 Å². The van der Waals surface area contributed by atoms with Gasteiger partial charge in [-0.25, -0.2) is 4.79 Å². The van der Waals surface area contributed by atoms with Crippen LogP contribution in [0.5, 0.6) is 0 Å². The van der Waals surface area contributed by atoms with Crippen LogP contribution < -0.4 is 10.6 Å². The molecule has 2 aliphatic heterocycles. The Morgan fingerprint density at radius 3 is 2.29 bits per heavy atom. The zero-order chi connectivity index (χ0) is 29.3. The fourth-order valence-electron chi connectivity index (χ4n) is 6.42. The first-order chi connectivity index (χ1) is 20.3. The summed E-state index contributed by atoms with van der Waals surface area (Å²) in [5.74, 6) is -1.59. The average molecular weight is 570 g/mol. The molecule has 3 atom stereocenters. The molecular formula is C33H35N3O6. The molecule has 3 aromatic rings. The number of carboxylic acid groups (broad SMARTS) is 1. The summed E-state index contributed by atoms with van der Waals surface area (Å²) in [6, 6.07) is 25.4. The fraction of sp³-hybridized carbons (Fsp3) is 0.364. The maximum Gasteiger partial charge on any atom is 0.408 e. The largest absolute Gasteiger partial charge is 0.481 e. The van der Waals surface area contributed by atoms with E-state index in [1.54, 1.807) is 6.92 Å². The van der Waals surface area contributed by atoms with E-state index in [1.165, 1.54) is 0 Å². The van der Waals surface area contributed by atoms with E-state index < -0.39 is 35.0 Å². The number of carbonyl (C=O) groups is 3. The Bertz CT molecular complexity index is 1450. The molecule has 0 aromatic heterocycles. The molecule has 0 radical (unpaired) electrons. The number of aliphatic carboxylic acids is 1. The number of fused-ring (bicyclic) bond motifs is 3. The lowest BCUT2D eigenvalue weighted by Crippen LogP contribution is -2.63. The van der Waals surface area contributed by atoms with Crippen LogP contribution in [0.15, 0.2) is 78.9 Å². The SMILES string of the molecule is CC1(C(=O)O)COCC1NC(=O)C1(NC(=O)OCC2c3ccccc3-c3ccccc32)CCN(Cc2ccccc2)C1. The lowest BCUT2D eigenvalue weighted by atomic mass is 9.84. The maximum atomic E-state index is 13.9. The Labute approximate surface area is 244 Å². The van der Waals surface area contributed by atoms with Gasteiger partial charge in [0.05, 0.1) is 19.3 Å². The number of rotatable bonds is 8. The number of likely N-dealkylation sites (tertiary alicyclic amines) is 1. The minimum absolute atomic E-state index is 0.000217. The Balaban J connectivity index is 1.19. The second-order valence-corrected chi connectivity index (χ2v) is 11.7. The third-order valence-electron chi connectivity index (χ3n) is 8.97. The highest BCUT2D eigenvalue weighted by atomic mass is 16.5. The van der Waals surface area contributed by atoms with Crippen molar-refractivity contribution >= 4 is 18.0 Å². The van der Waals surface area contributed by atoms with Gasteiger partial charge in [0.15, 0.2) is 0 Å². The van der Waals surface area contributed by atoms with Crippen molar-refractivity contribution in [2.45, 2.75) is 37.4 Å². The predicted octanol–water partition coefficient (Wildman–Crippen LogP) is 3.78. The summed E-state index contributed by atoms with van der Waals surface area (Å²) in [7, 11) is 0. The number of hydrogen-bond acceptors (Lipinski definition) is 6. The van der Waals surface area contributed by atoms with Gasteiger partial charge in [0, 0.05) is 25.6 Å². The van der Waals surface area contributed by atoms with Crippen molar-refractivity contribution in [3.8, 4) is 11.1 Å². The van der Waals surface area contributed by atoms with Gasteiger partial charge in [0.2, 0.25) is 5.91 Å². The van der Waals surface area contributed by atoms with Gasteiger partial charge in [-0.1, -0.05) is 78.9 Å². The molecule has 2 amide bonds. The normalized spacial score (nSPS) is 25.0. The van der Waals surface area contributed by atoms with Crippen molar-refractivity contribution in [3.63, 3.8) is 0 Å². The number of hydrogen-bond donors (Lipinski definition) is 3. The third kappa shape index (κ3) is 5.14. The highest BCUT2D eigenvalue weighted by Gasteiger charge is 2.52. The van der Waals surface area contributed by atoms with Crippen LogP contribution in [0.1, 0.15) is 36.0 Å². The molecule has 218 valence electrons. The summed E-state index contributed by atoms with van der Waals surface area (Å²) < 4.78 is 11.3.